The van der Waals surface area contributed by atoms with Crippen molar-refractivity contribution in [2.75, 3.05) is 17.7 Å². The number of aromatic amines is 1. The van der Waals surface area contributed by atoms with Crippen LogP contribution in [0.3, 0.4) is 0 Å². The van der Waals surface area contributed by atoms with Gasteiger partial charge in [0.15, 0.2) is 5.75 Å². The molecule has 6 nitrogen and oxygen atoms in total. The first-order valence-electron chi connectivity index (χ1n) is 9.04. The normalized spacial score (nSPS) is 11.9. The fourth-order valence-electron chi connectivity index (χ4n) is 2.80. The Bertz CT molecular complexity index is 1060. The summed E-state index contributed by atoms with van der Waals surface area (Å²) in [6.07, 6.45) is 2.28. The lowest BCUT2D eigenvalue weighted by molar-refractivity contribution is -0.113. The van der Waals surface area contributed by atoms with Gasteiger partial charge in [-0.15, -0.1) is 0 Å². The van der Waals surface area contributed by atoms with Gasteiger partial charge < -0.3 is 15.0 Å². The lowest BCUT2D eigenvalue weighted by atomic mass is 10.1. The second kappa shape index (κ2) is 9.32. The SMILES string of the molecule is CCCOc1c[nH]c(CS(=O)CC(=O)Nc2cccc3ccccc23)cc1=O. The van der Waals surface area contributed by atoms with Crippen LogP contribution in [0.2, 0.25) is 0 Å². The molecule has 146 valence electrons. The van der Waals surface area contributed by atoms with Gasteiger partial charge in [0.2, 0.25) is 11.3 Å². The summed E-state index contributed by atoms with van der Waals surface area (Å²) in [6, 6.07) is 14.7. The number of hydrogen-bond donors (Lipinski definition) is 2. The summed E-state index contributed by atoms with van der Waals surface area (Å²) in [5.41, 5.74) is 0.926. The van der Waals surface area contributed by atoms with E-state index in [2.05, 4.69) is 10.3 Å². The summed E-state index contributed by atoms with van der Waals surface area (Å²) < 4.78 is 17.7. The molecule has 0 saturated carbocycles. The van der Waals surface area contributed by atoms with Gasteiger partial charge in [0.05, 0.1) is 12.4 Å². The van der Waals surface area contributed by atoms with E-state index in [1.807, 2.05) is 49.4 Å². The topological polar surface area (TPSA) is 88.3 Å². The van der Waals surface area contributed by atoms with Crippen LogP contribution in [0, 0.1) is 0 Å². The molecule has 0 aliphatic carbocycles. The van der Waals surface area contributed by atoms with Crippen LogP contribution in [0.4, 0.5) is 5.69 Å². The summed E-state index contributed by atoms with van der Waals surface area (Å²) in [5, 5.41) is 4.77. The summed E-state index contributed by atoms with van der Waals surface area (Å²) in [7, 11) is -1.45. The minimum atomic E-state index is -1.45. The molecule has 1 atom stereocenters. The molecule has 0 bridgehead atoms. The van der Waals surface area contributed by atoms with Gasteiger partial charge in [0.1, 0.15) is 5.75 Å². The Morgan fingerprint density at radius 2 is 1.96 bits per heavy atom. The Morgan fingerprint density at radius 3 is 2.75 bits per heavy atom. The number of aromatic nitrogens is 1. The van der Waals surface area contributed by atoms with Crippen molar-refractivity contribution in [2.45, 2.75) is 19.1 Å². The fourth-order valence-corrected chi connectivity index (χ4v) is 3.78. The van der Waals surface area contributed by atoms with Crippen LogP contribution >= 0.6 is 0 Å². The van der Waals surface area contributed by atoms with Crippen molar-refractivity contribution in [1.82, 2.24) is 4.98 Å². The zero-order valence-electron chi connectivity index (χ0n) is 15.6. The predicted molar refractivity (Wildman–Crippen MR) is 112 cm³/mol. The average Bonchev–Trinajstić information content (AvgIpc) is 2.67. The molecule has 1 amide bonds. The summed E-state index contributed by atoms with van der Waals surface area (Å²) in [6.45, 7) is 2.41. The van der Waals surface area contributed by atoms with Gasteiger partial charge in [-0.3, -0.25) is 13.8 Å². The second-order valence-corrected chi connectivity index (χ2v) is 7.80. The van der Waals surface area contributed by atoms with Gasteiger partial charge >= 0.3 is 0 Å². The minimum Gasteiger partial charge on any atom is -0.488 e. The van der Waals surface area contributed by atoms with Gasteiger partial charge in [0, 0.05) is 39.8 Å². The Kier molecular flexibility index (Phi) is 6.60. The summed E-state index contributed by atoms with van der Waals surface area (Å²) >= 11 is 0. The maximum absolute atomic E-state index is 12.3. The third-order valence-corrected chi connectivity index (χ3v) is 5.29. The number of hydrogen-bond acceptors (Lipinski definition) is 4. The third kappa shape index (κ3) is 5.07. The highest BCUT2D eigenvalue weighted by Crippen LogP contribution is 2.22. The van der Waals surface area contributed by atoms with E-state index in [-0.39, 0.29) is 28.6 Å². The number of pyridine rings is 1. The van der Waals surface area contributed by atoms with Crippen molar-refractivity contribution in [3.63, 3.8) is 0 Å². The molecule has 1 heterocycles. The number of H-pyrrole nitrogens is 1. The maximum atomic E-state index is 12.3. The first kappa shape index (κ1) is 19.8. The molecule has 0 fully saturated rings. The van der Waals surface area contributed by atoms with Crippen molar-refractivity contribution in [1.29, 1.82) is 0 Å². The molecule has 1 aromatic heterocycles. The molecule has 3 aromatic rings. The van der Waals surface area contributed by atoms with E-state index in [1.165, 1.54) is 12.3 Å². The van der Waals surface area contributed by atoms with Gasteiger partial charge in [-0.2, -0.15) is 0 Å². The molecule has 0 radical (unpaired) electrons. The number of fused-ring (bicyclic) bond motifs is 1. The molecule has 28 heavy (non-hydrogen) atoms. The molecule has 2 N–H and O–H groups in total. The number of carbonyl (C=O) groups is 1. The molecule has 3 rings (SSSR count). The fraction of sp³-hybridized carbons (Fsp3) is 0.238. The standard InChI is InChI=1S/C21H22N2O4S/c1-2-10-27-20-12-22-16(11-19(20)24)13-28(26)14-21(25)23-18-9-5-7-15-6-3-4-8-17(15)18/h3-9,11-12H,2,10,13-14H2,1H3,(H,22,24)(H,23,25). The predicted octanol–water partition coefficient (Wildman–Crippen LogP) is 3.20. The number of carbonyl (C=O) groups excluding carboxylic acids is 1. The Hall–Kier alpha value is -2.93. The third-order valence-electron chi connectivity index (χ3n) is 4.07. The van der Waals surface area contributed by atoms with Crippen molar-refractivity contribution in [2.24, 2.45) is 0 Å². The van der Waals surface area contributed by atoms with Crippen LogP contribution in [0.5, 0.6) is 5.75 Å². The molecule has 2 aromatic carbocycles. The first-order chi connectivity index (χ1) is 13.6. The van der Waals surface area contributed by atoms with Crippen molar-refractivity contribution < 1.29 is 13.7 Å². The van der Waals surface area contributed by atoms with Gasteiger partial charge in [-0.05, 0) is 17.9 Å². The van der Waals surface area contributed by atoms with E-state index in [9.17, 15) is 13.8 Å². The molecule has 0 spiro atoms. The zero-order chi connectivity index (χ0) is 19.9. The van der Waals surface area contributed by atoms with Gasteiger partial charge in [-0.1, -0.05) is 43.3 Å². The quantitative estimate of drug-likeness (QED) is 0.610. The largest absolute Gasteiger partial charge is 0.488 e. The maximum Gasteiger partial charge on any atom is 0.237 e. The Labute approximate surface area is 165 Å². The minimum absolute atomic E-state index is 0.0895. The highest BCUT2D eigenvalue weighted by molar-refractivity contribution is 7.84. The van der Waals surface area contributed by atoms with E-state index < -0.39 is 10.8 Å². The van der Waals surface area contributed by atoms with E-state index in [4.69, 9.17) is 4.74 Å². The molecule has 0 aliphatic heterocycles. The van der Waals surface area contributed by atoms with Crippen LogP contribution < -0.4 is 15.5 Å². The number of nitrogens with one attached hydrogen (secondary N) is 2. The lowest BCUT2D eigenvalue weighted by Crippen LogP contribution is -2.21. The van der Waals surface area contributed by atoms with Crippen molar-refractivity contribution in [3.8, 4) is 5.75 Å². The molecule has 1 unspecified atom stereocenters. The Balaban J connectivity index is 1.61. The molecule has 0 aliphatic rings. The summed E-state index contributed by atoms with van der Waals surface area (Å²) in [4.78, 5) is 27.2. The van der Waals surface area contributed by atoms with Crippen LogP contribution in [-0.4, -0.2) is 27.5 Å². The Morgan fingerprint density at radius 1 is 1.18 bits per heavy atom. The summed E-state index contributed by atoms with van der Waals surface area (Å²) in [5.74, 6) is -0.156. The average molecular weight is 398 g/mol. The van der Waals surface area contributed by atoms with Crippen LogP contribution in [-0.2, 0) is 21.3 Å². The number of ether oxygens (including phenoxy) is 1. The van der Waals surface area contributed by atoms with Crippen molar-refractivity contribution >= 4 is 33.2 Å². The lowest BCUT2D eigenvalue weighted by Gasteiger charge is -2.09. The van der Waals surface area contributed by atoms with Gasteiger partial charge in [-0.25, -0.2) is 0 Å². The van der Waals surface area contributed by atoms with Crippen molar-refractivity contribution in [3.05, 3.63) is 70.6 Å². The van der Waals surface area contributed by atoms with E-state index in [0.717, 1.165) is 17.2 Å². The van der Waals surface area contributed by atoms with Crippen LogP contribution in [0.15, 0.2) is 59.5 Å². The van der Waals surface area contributed by atoms with E-state index in [1.54, 1.807) is 0 Å². The monoisotopic (exact) mass is 398 g/mol. The molecule has 0 saturated heterocycles. The van der Waals surface area contributed by atoms with Crippen LogP contribution in [0.1, 0.15) is 19.0 Å². The molecular weight excluding hydrogens is 376 g/mol. The number of rotatable bonds is 8. The molecular formula is C21H22N2O4S. The van der Waals surface area contributed by atoms with E-state index >= 15 is 0 Å². The smallest absolute Gasteiger partial charge is 0.237 e. The van der Waals surface area contributed by atoms with Crippen LogP contribution in [0.25, 0.3) is 10.8 Å². The highest BCUT2D eigenvalue weighted by atomic mass is 32.2. The van der Waals surface area contributed by atoms with Gasteiger partial charge in [0.25, 0.3) is 0 Å². The second-order valence-electron chi connectivity index (χ2n) is 6.34. The zero-order valence-corrected chi connectivity index (χ0v) is 16.4. The first-order valence-corrected chi connectivity index (χ1v) is 10.5. The number of amides is 1. The number of anilines is 1. The van der Waals surface area contributed by atoms with E-state index in [0.29, 0.717) is 18.0 Å². The molecule has 7 heteroatoms. The number of benzene rings is 2. The highest BCUT2D eigenvalue weighted by Gasteiger charge is 2.12.